The maximum atomic E-state index is 13.4. The highest BCUT2D eigenvalue weighted by atomic mass is 32.2. The number of nitrogens with one attached hydrogen (secondary N) is 1. The molecule has 10 heteroatoms. The normalized spacial score (nSPS) is 11.4. The maximum absolute atomic E-state index is 13.4. The highest BCUT2D eigenvalue weighted by Crippen LogP contribution is 2.29. The molecule has 1 N–H and O–H groups in total. The van der Waals surface area contributed by atoms with Crippen LogP contribution in [0.3, 0.4) is 0 Å². The van der Waals surface area contributed by atoms with Crippen LogP contribution in [0.1, 0.15) is 23.2 Å². The Bertz CT molecular complexity index is 1120. The second-order valence-corrected chi connectivity index (χ2v) is 7.91. The fraction of sp³-hybridized carbons (Fsp3) is 0.167. The molecule has 3 rings (SSSR count). The number of benzene rings is 1. The van der Waals surface area contributed by atoms with Gasteiger partial charge in [-0.25, -0.2) is 22.2 Å². The lowest BCUT2D eigenvalue weighted by molar-refractivity contribution is 0.145. The Morgan fingerprint density at radius 1 is 1.21 bits per heavy atom. The van der Waals surface area contributed by atoms with Crippen LogP contribution in [0.5, 0.6) is 0 Å². The highest BCUT2D eigenvalue weighted by molar-refractivity contribution is 7.90. The van der Waals surface area contributed by atoms with Gasteiger partial charge in [-0.3, -0.25) is 0 Å². The van der Waals surface area contributed by atoms with Crippen molar-refractivity contribution < 1.29 is 17.2 Å². The van der Waals surface area contributed by atoms with Crippen molar-refractivity contribution in [1.82, 2.24) is 14.8 Å². The summed E-state index contributed by atoms with van der Waals surface area (Å²) in [4.78, 5) is 3.99. The van der Waals surface area contributed by atoms with Gasteiger partial charge in [-0.05, 0) is 17.7 Å². The molecule has 0 saturated carbocycles. The largest absolute Gasteiger partial charge is 0.365 e. The molecule has 0 unspecified atom stereocenters. The summed E-state index contributed by atoms with van der Waals surface area (Å²) < 4.78 is 51.0. The number of hydrogen-bond acceptors (Lipinski definition) is 6. The topological polar surface area (TPSA) is 101 Å². The molecule has 0 aliphatic heterocycles. The van der Waals surface area contributed by atoms with E-state index < -0.39 is 22.0 Å². The van der Waals surface area contributed by atoms with Crippen LogP contribution in [0.25, 0.3) is 5.82 Å². The van der Waals surface area contributed by atoms with E-state index in [1.807, 2.05) is 30.3 Å². The van der Waals surface area contributed by atoms with E-state index in [4.69, 9.17) is 0 Å². The fourth-order valence-corrected chi connectivity index (χ4v) is 3.09. The van der Waals surface area contributed by atoms with Gasteiger partial charge in [-0.1, -0.05) is 30.3 Å². The number of hydrogen-bond donors (Lipinski definition) is 1. The lowest BCUT2D eigenvalue weighted by Crippen LogP contribution is -2.09. The summed E-state index contributed by atoms with van der Waals surface area (Å²) in [6.45, 7) is 0.269. The lowest BCUT2D eigenvalue weighted by Gasteiger charge is -2.10. The number of rotatable bonds is 6. The third-order valence-electron chi connectivity index (χ3n) is 3.90. The molecule has 0 bridgehead atoms. The highest BCUT2D eigenvalue weighted by Gasteiger charge is 2.25. The molecule has 2 heterocycles. The van der Waals surface area contributed by atoms with Crippen LogP contribution in [0.15, 0.2) is 53.6 Å². The van der Waals surface area contributed by atoms with Crippen LogP contribution in [-0.2, 0) is 16.4 Å². The number of nitrogens with zero attached hydrogens (tertiary/aromatic N) is 4. The standard InChI is InChI=1S/C18H15F2N5O2S/c1-28(26,27)13-7-8-15(22-11-13)25-18(14(9-21)16(24-25)17(19)20)23-10-12-5-3-2-4-6-12/h2-8,11,17,23H,10H2,1H3. The number of pyridine rings is 1. The molecule has 3 aromatic rings. The zero-order chi connectivity index (χ0) is 20.3. The number of anilines is 1. The molecule has 0 spiro atoms. The molecule has 0 aliphatic rings. The molecule has 0 saturated heterocycles. The Labute approximate surface area is 160 Å². The molecule has 0 amide bonds. The molecular formula is C18H15F2N5O2S. The molecular weight excluding hydrogens is 388 g/mol. The van der Waals surface area contributed by atoms with E-state index in [2.05, 4.69) is 15.4 Å². The van der Waals surface area contributed by atoms with Crippen molar-refractivity contribution in [3.8, 4) is 11.9 Å². The third-order valence-corrected chi connectivity index (χ3v) is 5.00. The van der Waals surface area contributed by atoms with Gasteiger partial charge >= 0.3 is 0 Å². The second-order valence-electron chi connectivity index (χ2n) is 5.90. The third kappa shape index (κ3) is 3.99. The minimum atomic E-state index is -3.46. The van der Waals surface area contributed by atoms with Gasteiger partial charge in [0, 0.05) is 19.0 Å². The zero-order valence-electron chi connectivity index (χ0n) is 14.7. The Morgan fingerprint density at radius 2 is 1.93 bits per heavy atom. The Hall–Kier alpha value is -3.32. The minimum Gasteiger partial charge on any atom is -0.365 e. The van der Waals surface area contributed by atoms with Gasteiger partial charge in [0.2, 0.25) is 0 Å². The van der Waals surface area contributed by atoms with Crippen LogP contribution in [0.4, 0.5) is 14.6 Å². The van der Waals surface area contributed by atoms with Crippen molar-refractivity contribution in [2.45, 2.75) is 17.9 Å². The van der Waals surface area contributed by atoms with Crippen LogP contribution >= 0.6 is 0 Å². The van der Waals surface area contributed by atoms with Gasteiger partial charge in [0.25, 0.3) is 6.43 Å². The summed E-state index contributed by atoms with van der Waals surface area (Å²) in [5, 5.41) is 16.2. The van der Waals surface area contributed by atoms with Gasteiger partial charge in [0.15, 0.2) is 15.7 Å². The van der Waals surface area contributed by atoms with E-state index in [0.717, 1.165) is 22.7 Å². The number of alkyl halides is 2. The Morgan fingerprint density at radius 3 is 2.46 bits per heavy atom. The number of halogens is 2. The SMILES string of the molecule is CS(=O)(=O)c1ccc(-n2nc(C(F)F)c(C#N)c2NCc2ccccc2)nc1. The summed E-state index contributed by atoms with van der Waals surface area (Å²) in [5.74, 6) is 0.160. The van der Waals surface area contributed by atoms with Crippen LogP contribution in [-0.4, -0.2) is 29.4 Å². The maximum Gasteiger partial charge on any atom is 0.283 e. The molecule has 2 aromatic heterocycles. The lowest BCUT2D eigenvalue weighted by atomic mass is 10.2. The van der Waals surface area contributed by atoms with Crippen molar-refractivity contribution in [2.75, 3.05) is 11.6 Å². The van der Waals surface area contributed by atoms with E-state index in [1.165, 1.54) is 12.1 Å². The average molecular weight is 403 g/mol. The predicted octanol–water partition coefficient (Wildman–Crippen LogP) is 3.09. The van der Waals surface area contributed by atoms with Crippen LogP contribution in [0.2, 0.25) is 0 Å². The van der Waals surface area contributed by atoms with Gasteiger partial charge < -0.3 is 5.32 Å². The summed E-state index contributed by atoms with van der Waals surface area (Å²) in [7, 11) is -3.46. The first kappa shape index (κ1) is 19.4. The van der Waals surface area contributed by atoms with E-state index >= 15 is 0 Å². The number of aromatic nitrogens is 3. The molecule has 0 aliphatic carbocycles. The van der Waals surface area contributed by atoms with E-state index in [9.17, 15) is 22.5 Å². The summed E-state index contributed by atoms with van der Waals surface area (Å²) in [6, 6.07) is 13.6. The summed E-state index contributed by atoms with van der Waals surface area (Å²) in [6.07, 6.45) is -0.808. The molecule has 0 atom stereocenters. The first-order valence-electron chi connectivity index (χ1n) is 8.06. The number of nitriles is 1. The predicted molar refractivity (Wildman–Crippen MR) is 97.9 cm³/mol. The monoisotopic (exact) mass is 403 g/mol. The average Bonchev–Trinajstić information content (AvgIpc) is 3.05. The van der Waals surface area contributed by atoms with Crippen LogP contribution in [0, 0.1) is 11.3 Å². The molecule has 0 radical (unpaired) electrons. The van der Waals surface area contributed by atoms with Crippen molar-refractivity contribution >= 4 is 15.7 Å². The minimum absolute atomic E-state index is 0.0169. The smallest absolute Gasteiger partial charge is 0.283 e. The Balaban J connectivity index is 2.05. The zero-order valence-corrected chi connectivity index (χ0v) is 15.5. The second kappa shape index (κ2) is 7.74. The van der Waals surface area contributed by atoms with Gasteiger partial charge in [0.05, 0.1) is 4.90 Å². The summed E-state index contributed by atoms with van der Waals surface area (Å²) in [5.41, 5.74) is -0.0925. The first-order chi connectivity index (χ1) is 13.3. The fourth-order valence-electron chi connectivity index (χ4n) is 2.53. The van der Waals surface area contributed by atoms with Crippen molar-refractivity contribution in [1.29, 1.82) is 5.26 Å². The molecule has 1 aromatic carbocycles. The van der Waals surface area contributed by atoms with Gasteiger partial charge in [-0.2, -0.15) is 15.0 Å². The van der Waals surface area contributed by atoms with E-state index in [1.54, 1.807) is 6.07 Å². The van der Waals surface area contributed by atoms with Gasteiger partial charge in [0.1, 0.15) is 23.1 Å². The summed E-state index contributed by atoms with van der Waals surface area (Å²) >= 11 is 0. The quantitative estimate of drug-likeness (QED) is 0.679. The van der Waals surface area contributed by atoms with Gasteiger partial charge in [-0.15, -0.1) is 0 Å². The molecule has 28 heavy (non-hydrogen) atoms. The van der Waals surface area contributed by atoms with Crippen molar-refractivity contribution in [3.63, 3.8) is 0 Å². The van der Waals surface area contributed by atoms with Crippen molar-refractivity contribution in [3.05, 3.63) is 65.5 Å². The van der Waals surface area contributed by atoms with E-state index in [-0.39, 0.29) is 28.6 Å². The van der Waals surface area contributed by atoms with E-state index in [0.29, 0.717) is 0 Å². The molecule has 7 nitrogen and oxygen atoms in total. The van der Waals surface area contributed by atoms with Crippen molar-refractivity contribution in [2.24, 2.45) is 0 Å². The molecule has 0 fully saturated rings. The molecule has 144 valence electrons. The first-order valence-corrected chi connectivity index (χ1v) is 9.96. The Kier molecular flexibility index (Phi) is 5.37. The van der Waals surface area contributed by atoms with Crippen LogP contribution < -0.4 is 5.32 Å². The number of sulfone groups is 1.